The first-order valence-electron chi connectivity index (χ1n) is 6.51. The Morgan fingerprint density at radius 1 is 1.50 bits per heavy atom. The average molecular weight is 257 g/mol. The third-order valence-electron chi connectivity index (χ3n) is 2.93. The van der Waals surface area contributed by atoms with Gasteiger partial charge in [0.1, 0.15) is 6.61 Å². The lowest BCUT2D eigenvalue weighted by Crippen LogP contribution is -2.52. The highest BCUT2D eigenvalue weighted by molar-refractivity contribution is 5.84. The molecule has 1 aliphatic heterocycles. The van der Waals surface area contributed by atoms with E-state index in [0.717, 1.165) is 25.8 Å². The first-order chi connectivity index (χ1) is 8.65. The molecule has 3 N–H and O–H groups in total. The third-order valence-corrected chi connectivity index (χ3v) is 2.93. The van der Waals surface area contributed by atoms with Crippen LogP contribution in [0.4, 0.5) is 0 Å². The summed E-state index contributed by atoms with van der Waals surface area (Å²) in [6.07, 6.45) is 2.77. The van der Waals surface area contributed by atoms with Crippen LogP contribution in [-0.2, 0) is 14.3 Å². The lowest BCUT2D eigenvalue weighted by Gasteiger charge is -2.33. The van der Waals surface area contributed by atoms with E-state index in [-0.39, 0.29) is 25.1 Å². The molecule has 2 amide bonds. The Morgan fingerprint density at radius 2 is 2.28 bits per heavy atom. The van der Waals surface area contributed by atoms with Crippen LogP contribution in [0.15, 0.2) is 0 Å². The number of primary amides is 1. The Bertz CT molecular complexity index is 278. The normalized spacial score (nSPS) is 19.5. The predicted molar refractivity (Wildman–Crippen MR) is 67.9 cm³/mol. The van der Waals surface area contributed by atoms with Gasteiger partial charge < -0.3 is 20.7 Å². The Balaban J connectivity index is 2.52. The highest BCUT2D eigenvalue weighted by Gasteiger charge is 2.26. The van der Waals surface area contributed by atoms with E-state index < -0.39 is 5.91 Å². The van der Waals surface area contributed by atoms with Crippen LogP contribution in [-0.4, -0.2) is 55.6 Å². The monoisotopic (exact) mass is 257 g/mol. The molecular formula is C12H23N3O3. The lowest BCUT2D eigenvalue weighted by atomic mass is 10.1. The summed E-state index contributed by atoms with van der Waals surface area (Å²) in [6.45, 7) is 4.21. The van der Waals surface area contributed by atoms with E-state index in [1.807, 2.05) is 6.92 Å². The zero-order valence-corrected chi connectivity index (χ0v) is 11.0. The summed E-state index contributed by atoms with van der Waals surface area (Å²) in [5, 5.41) is 3.22. The molecule has 0 bridgehead atoms. The molecule has 0 aromatic rings. The van der Waals surface area contributed by atoms with Crippen molar-refractivity contribution in [2.24, 2.45) is 5.73 Å². The number of hydrogen-bond acceptors (Lipinski definition) is 4. The number of hydrogen-bond donors (Lipinski definition) is 2. The molecule has 0 aromatic heterocycles. The standard InChI is InChI=1S/C12H23N3O3/c1-2-6-18-9-12(17)15(8-11(13)16)10-4-3-5-14-7-10/h10,14H,2-9H2,1H3,(H2,13,16). The molecule has 1 saturated heterocycles. The number of carbonyl (C=O) groups is 2. The molecule has 0 spiro atoms. The molecule has 6 nitrogen and oxygen atoms in total. The fraction of sp³-hybridized carbons (Fsp3) is 0.833. The largest absolute Gasteiger partial charge is 0.372 e. The summed E-state index contributed by atoms with van der Waals surface area (Å²) in [5.74, 6) is -0.639. The van der Waals surface area contributed by atoms with Crippen LogP contribution in [0.1, 0.15) is 26.2 Å². The highest BCUT2D eigenvalue weighted by atomic mass is 16.5. The van der Waals surface area contributed by atoms with Crippen molar-refractivity contribution >= 4 is 11.8 Å². The van der Waals surface area contributed by atoms with E-state index in [9.17, 15) is 9.59 Å². The molecule has 0 saturated carbocycles. The fourth-order valence-corrected chi connectivity index (χ4v) is 2.07. The van der Waals surface area contributed by atoms with E-state index in [4.69, 9.17) is 10.5 Å². The second-order valence-corrected chi connectivity index (χ2v) is 4.54. The topological polar surface area (TPSA) is 84.7 Å². The minimum absolute atomic E-state index is 0.0254. The second kappa shape index (κ2) is 8.05. The number of rotatable bonds is 7. The number of nitrogens with zero attached hydrogens (tertiary/aromatic N) is 1. The van der Waals surface area contributed by atoms with Gasteiger partial charge in [-0.2, -0.15) is 0 Å². The van der Waals surface area contributed by atoms with Crippen molar-refractivity contribution in [2.45, 2.75) is 32.2 Å². The van der Waals surface area contributed by atoms with Gasteiger partial charge in [0.2, 0.25) is 11.8 Å². The first kappa shape index (κ1) is 14.9. The zero-order valence-electron chi connectivity index (χ0n) is 11.0. The number of nitrogens with one attached hydrogen (secondary N) is 1. The summed E-state index contributed by atoms with van der Waals surface area (Å²) in [7, 11) is 0. The number of piperidine rings is 1. The Labute approximate surface area is 108 Å². The van der Waals surface area contributed by atoms with Crippen LogP contribution >= 0.6 is 0 Å². The van der Waals surface area contributed by atoms with Crippen molar-refractivity contribution < 1.29 is 14.3 Å². The van der Waals surface area contributed by atoms with Crippen molar-refractivity contribution in [3.05, 3.63) is 0 Å². The van der Waals surface area contributed by atoms with E-state index in [2.05, 4.69) is 5.32 Å². The molecule has 1 unspecified atom stereocenters. The number of nitrogens with two attached hydrogens (primary N) is 1. The molecular weight excluding hydrogens is 234 g/mol. The van der Waals surface area contributed by atoms with Gasteiger partial charge >= 0.3 is 0 Å². The summed E-state index contributed by atoms with van der Waals surface area (Å²) in [5.41, 5.74) is 5.20. The minimum Gasteiger partial charge on any atom is -0.372 e. The third kappa shape index (κ3) is 5.01. The Kier molecular flexibility index (Phi) is 6.67. The van der Waals surface area contributed by atoms with Crippen LogP contribution in [0.5, 0.6) is 0 Å². The molecule has 0 radical (unpaired) electrons. The number of amides is 2. The summed E-state index contributed by atoms with van der Waals surface area (Å²) in [6, 6.07) is 0.0453. The summed E-state index contributed by atoms with van der Waals surface area (Å²) >= 11 is 0. The van der Waals surface area contributed by atoms with Crippen LogP contribution in [0.25, 0.3) is 0 Å². The van der Waals surface area contributed by atoms with Crippen molar-refractivity contribution in [3.8, 4) is 0 Å². The first-order valence-corrected chi connectivity index (χ1v) is 6.51. The van der Waals surface area contributed by atoms with Gasteiger partial charge in [-0.3, -0.25) is 9.59 Å². The molecule has 1 rings (SSSR count). The summed E-state index contributed by atoms with van der Waals surface area (Å²) in [4.78, 5) is 24.6. The van der Waals surface area contributed by atoms with Gasteiger partial charge in [-0.25, -0.2) is 0 Å². The maximum absolute atomic E-state index is 12.0. The molecule has 1 aliphatic rings. The van der Waals surface area contributed by atoms with Gasteiger partial charge in [0, 0.05) is 19.2 Å². The molecule has 1 fully saturated rings. The molecule has 18 heavy (non-hydrogen) atoms. The molecule has 1 atom stereocenters. The van der Waals surface area contributed by atoms with E-state index in [1.54, 1.807) is 4.90 Å². The predicted octanol–water partition coefficient (Wildman–Crippen LogP) is -0.521. The van der Waals surface area contributed by atoms with Gasteiger partial charge in [-0.05, 0) is 25.8 Å². The van der Waals surface area contributed by atoms with Crippen molar-refractivity contribution in [1.29, 1.82) is 0 Å². The minimum atomic E-state index is -0.482. The van der Waals surface area contributed by atoms with Crippen molar-refractivity contribution in [2.75, 3.05) is 32.8 Å². The van der Waals surface area contributed by atoms with Crippen LogP contribution in [0.3, 0.4) is 0 Å². The van der Waals surface area contributed by atoms with Crippen molar-refractivity contribution in [3.63, 3.8) is 0 Å². The lowest BCUT2D eigenvalue weighted by molar-refractivity contribution is -0.142. The molecule has 1 heterocycles. The highest BCUT2D eigenvalue weighted by Crippen LogP contribution is 2.10. The average Bonchev–Trinajstić information content (AvgIpc) is 2.37. The Morgan fingerprint density at radius 3 is 2.83 bits per heavy atom. The quantitative estimate of drug-likeness (QED) is 0.601. The van der Waals surface area contributed by atoms with Crippen LogP contribution < -0.4 is 11.1 Å². The molecule has 0 aliphatic carbocycles. The van der Waals surface area contributed by atoms with Gasteiger partial charge in [0.25, 0.3) is 0 Å². The van der Waals surface area contributed by atoms with E-state index in [0.29, 0.717) is 13.2 Å². The summed E-state index contributed by atoms with van der Waals surface area (Å²) < 4.78 is 5.23. The van der Waals surface area contributed by atoms with Gasteiger partial charge in [-0.15, -0.1) is 0 Å². The van der Waals surface area contributed by atoms with Gasteiger partial charge in [-0.1, -0.05) is 6.92 Å². The van der Waals surface area contributed by atoms with E-state index in [1.165, 1.54) is 0 Å². The van der Waals surface area contributed by atoms with Crippen LogP contribution in [0.2, 0.25) is 0 Å². The maximum Gasteiger partial charge on any atom is 0.249 e. The maximum atomic E-state index is 12.0. The smallest absolute Gasteiger partial charge is 0.249 e. The number of carbonyl (C=O) groups excluding carboxylic acids is 2. The van der Waals surface area contributed by atoms with E-state index >= 15 is 0 Å². The second-order valence-electron chi connectivity index (χ2n) is 4.54. The number of ether oxygens (including phenoxy) is 1. The van der Waals surface area contributed by atoms with Crippen molar-refractivity contribution in [1.82, 2.24) is 10.2 Å². The van der Waals surface area contributed by atoms with Gasteiger partial charge in [0.05, 0.1) is 6.54 Å². The molecule has 0 aromatic carbocycles. The fourth-order valence-electron chi connectivity index (χ4n) is 2.07. The molecule has 6 heteroatoms. The Hall–Kier alpha value is -1.14. The zero-order chi connectivity index (χ0) is 13.4. The molecule has 104 valence electrons. The SMILES string of the molecule is CCCOCC(=O)N(CC(N)=O)C1CCCNC1. The van der Waals surface area contributed by atoms with Gasteiger partial charge in [0.15, 0.2) is 0 Å². The van der Waals surface area contributed by atoms with Crippen LogP contribution in [0, 0.1) is 0 Å².